The van der Waals surface area contributed by atoms with Gasteiger partial charge in [0.05, 0.1) is 12.0 Å². The first-order valence-electron chi connectivity index (χ1n) is 5.33. The van der Waals surface area contributed by atoms with E-state index < -0.39 is 10.7 Å². The number of benzene rings is 1. The molecule has 1 fully saturated rings. The number of phenols is 1. The minimum absolute atomic E-state index is 0.134. The summed E-state index contributed by atoms with van der Waals surface area (Å²) in [5.74, 6) is -0.0715. The van der Waals surface area contributed by atoms with E-state index in [-0.39, 0.29) is 23.4 Å². The summed E-state index contributed by atoms with van der Waals surface area (Å²) in [6, 6.07) is 3.20. The third-order valence-electron chi connectivity index (χ3n) is 3.14. The van der Waals surface area contributed by atoms with Crippen molar-refractivity contribution in [2.24, 2.45) is 5.73 Å². The van der Waals surface area contributed by atoms with Crippen molar-refractivity contribution in [3.8, 4) is 11.5 Å². The molecule has 92 valence electrons. The number of nitro benzene ring substituents is 1. The van der Waals surface area contributed by atoms with E-state index >= 15 is 0 Å². The fourth-order valence-electron chi connectivity index (χ4n) is 2.08. The summed E-state index contributed by atoms with van der Waals surface area (Å²) >= 11 is 0. The van der Waals surface area contributed by atoms with E-state index in [9.17, 15) is 15.2 Å². The summed E-state index contributed by atoms with van der Waals surface area (Å²) in [5, 5.41) is 20.4. The fraction of sp³-hybridized carbons (Fsp3) is 0.455. The molecule has 17 heavy (non-hydrogen) atoms. The highest BCUT2D eigenvalue weighted by Gasteiger charge is 2.30. The van der Waals surface area contributed by atoms with Crippen LogP contribution in [0, 0.1) is 10.1 Å². The van der Waals surface area contributed by atoms with Crippen LogP contribution in [0.2, 0.25) is 0 Å². The van der Waals surface area contributed by atoms with Gasteiger partial charge < -0.3 is 15.6 Å². The largest absolute Gasteiger partial charge is 0.500 e. The zero-order chi connectivity index (χ0) is 12.6. The van der Waals surface area contributed by atoms with Crippen LogP contribution in [0.15, 0.2) is 12.1 Å². The van der Waals surface area contributed by atoms with Crippen LogP contribution in [-0.2, 0) is 0 Å². The first-order valence-corrected chi connectivity index (χ1v) is 5.33. The molecule has 0 heterocycles. The first-order chi connectivity index (χ1) is 8.02. The maximum atomic E-state index is 10.8. The van der Waals surface area contributed by atoms with Gasteiger partial charge in [0.25, 0.3) is 0 Å². The number of hydrogen-bond donors (Lipinski definition) is 2. The molecular formula is C11H14N2O4. The van der Waals surface area contributed by atoms with Gasteiger partial charge in [-0.05, 0) is 30.4 Å². The molecule has 0 radical (unpaired) electrons. The minimum atomic E-state index is -0.611. The Kier molecular flexibility index (Phi) is 2.89. The molecule has 0 amide bonds. The summed E-state index contributed by atoms with van der Waals surface area (Å²) in [5.41, 5.74) is 6.17. The Morgan fingerprint density at radius 1 is 1.53 bits per heavy atom. The van der Waals surface area contributed by atoms with Crippen molar-refractivity contribution in [1.29, 1.82) is 0 Å². The molecule has 0 spiro atoms. The van der Waals surface area contributed by atoms with Gasteiger partial charge >= 0.3 is 5.69 Å². The molecule has 1 aromatic carbocycles. The van der Waals surface area contributed by atoms with Crippen LogP contribution in [0.1, 0.15) is 24.3 Å². The molecule has 1 aliphatic rings. The number of hydrogen-bond acceptors (Lipinski definition) is 5. The standard InChI is InChI=1S/C11H14N2O4/c1-17-10-5-7(6-2-8(12)3-6)4-9(11(10)14)13(15)16/h4-6,8,14H,2-3,12H2,1H3. The fourth-order valence-corrected chi connectivity index (χ4v) is 2.08. The smallest absolute Gasteiger partial charge is 0.314 e. The average molecular weight is 238 g/mol. The monoisotopic (exact) mass is 238 g/mol. The van der Waals surface area contributed by atoms with Crippen molar-refractivity contribution in [2.45, 2.75) is 24.8 Å². The lowest BCUT2D eigenvalue weighted by Gasteiger charge is -2.32. The van der Waals surface area contributed by atoms with Gasteiger partial charge in [0.2, 0.25) is 5.75 Å². The van der Waals surface area contributed by atoms with E-state index in [0.717, 1.165) is 18.4 Å². The maximum absolute atomic E-state index is 10.8. The lowest BCUT2D eigenvalue weighted by Crippen LogP contribution is -2.34. The zero-order valence-corrected chi connectivity index (χ0v) is 9.42. The number of nitrogens with two attached hydrogens (primary N) is 1. The van der Waals surface area contributed by atoms with E-state index in [1.54, 1.807) is 6.07 Å². The zero-order valence-electron chi connectivity index (χ0n) is 9.42. The highest BCUT2D eigenvalue weighted by molar-refractivity contribution is 5.58. The number of methoxy groups -OCH3 is 1. The Morgan fingerprint density at radius 3 is 2.65 bits per heavy atom. The van der Waals surface area contributed by atoms with Gasteiger partial charge in [-0.25, -0.2) is 0 Å². The van der Waals surface area contributed by atoms with Crippen molar-refractivity contribution in [3.63, 3.8) is 0 Å². The second-order valence-corrected chi connectivity index (χ2v) is 4.28. The van der Waals surface area contributed by atoms with E-state index in [0.29, 0.717) is 0 Å². The second-order valence-electron chi connectivity index (χ2n) is 4.28. The third kappa shape index (κ3) is 2.03. The van der Waals surface area contributed by atoms with Crippen LogP contribution >= 0.6 is 0 Å². The van der Waals surface area contributed by atoms with E-state index in [1.165, 1.54) is 13.2 Å². The number of aromatic hydroxyl groups is 1. The SMILES string of the molecule is COc1cc(C2CC(N)C2)cc([N+](=O)[O-])c1O. The van der Waals surface area contributed by atoms with Crippen LogP contribution in [0.25, 0.3) is 0 Å². The Morgan fingerprint density at radius 2 is 2.18 bits per heavy atom. The predicted molar refractivity (Wildman–Crippen MR) is 61.3 cm³/mol. The summed E-state index contributed by atoms with van der Waals surface area (Å²) < 4.78 is 4.94. The predicted octanol–water partition coefficient (Wildman–Crippen LogP) is 1.51. The molecule has 1 saturated carbocycles. The van der Waals surface area contributed by atoms with E-state index in [1.807, 2.05) is 0 Å². The van der Waals surface area contributed by atoms with Crippen LogP contribution in [0.5, 0.6) is 11.5 Å². The molecule has 1 aromatic rings. The van der Waals surface area contributed by atoms with Crippen molar-refractivity contribution in [3.05, 3.63) is 27.8 Å². The molecule has 0 aromatic heterocycles. The Bertz CT molecular complexity index is 455. The second kappa shape index (κ2) is 4.21. The molecule has 6 heteroatoms. The Hall–Kier alpha value is -1.82. The van der Waals surface area contributed by atoms with E-state index in [2.05, 4.69) is 0 Å². The van der Waals surface area contributed by atoms with Crippen molar-refractivity contribution in [1.82, 2.24) is 0 Å². The number of nitrogens with zero attached hydrogens (tertiary/aromatic N) is 1. The first kappa shape index (κ1) is 11.7. The Balaban J connectivity index is 2.40. The summed E-state index contributed by atoms with van der Waals surface area (Å²) in [7, 11) is 1.37. The molecule has 0 unspecified atom stereocenters. The third-order valence-corrected chi connectivity index (χ3v) is 3.14. The van der Waals surface area contributed by atoms with Crippen LogP contribution in [0.3, 0.4) is 0 Å². The number of rotatable bonds is 3. The van der Waals surface area contributed by atoms with E-state index in [4.69, 9.17) is 10.5 Å². The molecule has 0 aliphatic heterocycles. The van der Waals surface area contributed by atoms with Crippen LogP contribution < -0.4 is 10.5 Å². The highest BCUT2D eigenvalue weighted by atomic mass is 16.6. The van der Waals surface area contributed by atoms with Gasteiger partial charge in [0, 0.05) is 12.1 Å². The number of ether oxygens (including phenoxy) is 1. The minimum Gasteiger partial charge on any atom is -0.500 e. The van der Waals surface area contributed by atoms with Gasteiger partial charge in [-0.15, -0.1) is 0 Å². The molecule has 2 rings (SSSR count). The normalized spacial score (nSPS) is 22.9. The molecule has 0 atom stereocenters. The van der Waals surface area contributed by atoms with Crippen LogP contribution in [0.4, 0.5) is 5.69 Å². The van der Waals surface area contributed by atoms with Gasteiger partial charge in [-0.3, -0.25) is 10.1 Å². The molecule has 0 bridgehead atoms. The van der Waals surface area contributed by atoms with Gasteiger partial charge in [0.1, 0.15) is 0 Å². The highest BCUT2D eigenvalue weighted by Crippen LogP contribution is 2.43. The molecular weight excluding hydrogens is 224 g/mol. The lowest BCUT2D eigenvalue weighted by atomic mass is 9.76. The van der Waals surface area contributed by atoms with Crippen molar-refractivity contribution >= 4 is 5.69 Å². The lowest BCUT2D eigenvalue weighted by molar-refractivity contribution is -0.386. The van der Waals surface area contributed by atoms with Gasteiger partial charge in [-0.1, -0.05) is 0 Å². The molecule has 6 nitrogen and oxygen atoms in total. The molecule has 3 N–H and O–H groups in total. The summed E-state index contributed by atoms with van der Waals surface area (Å²) in [6.45, 7) is 0. The summed E-state index contributed by atoms with van der Waals surface area (Å²) in [6.07, 6.45) is 1.62. The quantitative estimate of drug-likeness (QED) is 0.614. The van der Waals surface area contributed by atoms with Gasteiger partial charge in [-0.2, -0.15) is 0 Å². The van der Waals surface area contributed by atoms with Crippen molar-refractivity contribution < 1.29 is 14.8 Å². The number of phenolic OH excluding ortho intramolecular Hbond substituents is 1. The Labute approximate surface area is 98.2 Å². The van der Waals surface area contributed by atoms with Crippen molar-refractivity contribution in [2.75, 3.05) is 7.11 Å². The average Bonchev–Trinajstić information content (AvgIpc) is 2.25. The number of nitro groups is 1. The summed E-state index contributed by atoms with van der Waals surface area (Å²) in [4.78, 5) is 10.2. The molecule has 1 aliphatic carbocycles. The molecule has 0 saturated heterocycles. The maximum Gasteiger partial charge on any atom is 0.314 e. The topological polar surface area (TPSA) is 98.6 Å². The van der Waals surface area contributed by atoms with Gasteiger partial charge in [0.15, 0.2) is 5.75 Å². The van der Waals surface area contributed by atoms with Crippen LogP contribution in [-0.4, -0.2) is 23.2 Å².